The molecule has 1 heterocycles. The predicted molar refractivity (Wildman–Crippen MR) is 62.0 cm³/mol. The van der Waals surface area contributed by atoms with Gasteiger partial charge in [0, 0.05) is 18.8 Å². The summed E-state index contributed by atoms with van der Waals surface area (Å²) >= 11 is 0.401. The van der Waals surface area contributed by atoms with Crippen LogP contribution in [0.4, 0.5) is 22.0 Å². The van der Waals surface area contributed by atoms with Gasteiger partial charge in [-0.3, -0.25) is 4.79 Å². The number of hydrogen-bond donors (Lipinski definition) is 1. The SMILES string of the molecule is O=C(O)[C@@H]1CCC(F)(F)C[C@H]1c1csc(C(F)(F)F)c1. The van der Waals surface area contributed by atoms with E-state index in [1.165, 1.54) is 0 Å². The lowest BCUT2D eigenvalue weighted by Gasteiger charge is -2.33. The van der Waals surface area contributed by atoms with Crippen LogP contribution in [-0.2, 0) is 11.0 Å². The first kappa shape index (κ1) is 15.2. The first-order valence-corrected chi connectivity index (χ1v) is 6.74. The molecule has 0 amide bonds. The average Bonchev–Trinajstić information content (AvgIpc) is 2.75. The summed E-state index contributed by atoms with van der Waals surface area (Å²) < 4.78 is 64.4. The molecule has 0 aromatic carbocycles. The molecule has 0 bridgehead atoms. The maximum atomic E-state index is 13.4. The van der Waals surface area contributed by atoms with E-state index >= 15 is 0 Å². The summed E-state index contributed by atoms with van der Waals surface area (Å²) in [6.07, 6.45) is -6.04. The van der Waals surface area contributed by atoms with Crippen LogP contribution in [0.1, 0.15) is 35.6 Å². The molecular weight excluding hydrogens is 303 g/mol. The third-order valence-corrected chi connectivity index (χ3v) is 4.46. The van der Waals surface area contributed by atoms with Gasteiger partial charge in [0.1, 0.15) is 4.88 Å². The minimum atomic E-state index is -4.54. The molecule has 0 unspecified atom stereocenters. The van der Waals surface area contributed by atoms with E-state index in [9.17, 15) is 26.7 Å². The van der Waals surface area contributed by atoms with Crippen LogP contribution in [0.15, 0.2) is 11.4 Å². The molecular formula is C12H11F5O2S. The highest BCUT2D eigenvalue weighted by atomic mass is 32.1. The Hall–Kier alpha value is -1.18. The van der Waals surface area contributed by atoms with Crippen molar-refractivity contribution in [2.24, 2.45) is 5.92 Å². The standard InChI is InChI=1S/C12H11F5O2S/c13-11(14)2-1-7(10(18)19)8(4-11)6-3-9(20-5-6)12(15,16)17/h3,5,7-8H,1-2,4H2,(H,18,19)/t7-,8+/m1/s1. The van der Waals surface area contributed by atoms with E-state index in [0.717, 1.165) is 11.4 Å². The Bertz CT molecular complexity index is 508. The van der Waals surface area contributed by atoms with E-state index in [1.54, 1.807) is 0 Å². The van der Waals surface area contributed by atoms with E-state index in [1.807, 2.05) is 0 Å². The van der Waals surface area contributed by atoms with Crippen LogP contribution in [0, 0.1) is 5.92 Å². The molecule has 8 heteroatoms. The van der Waals surface area contributed by atoms with Crippen LogP contribution in [0.3, 0.4) is 0 Å². The minimum absolute atomic E-state index is 0.0362. The third-order valence-electron chi connectivity index (χ3n) is 3.47. The number of halogens is 5. The van der Waals surface area contributed by atoms with Gasteiger partial charge in [-0.1, -0.05) is 0 Å². The fourth-order valence-electron chi connectivity index (χ4n) is 2.47. The molecule has 1 aromatic rings. The molecule has 1 N–H and O–H groups in total. The van der Waals surface area contributed by atoms with Crippen LogP contribution in [0.5, 0.6) is 0 Å². The molecule has 112 valence electrons. The highest BCUT2D eigenvalue weighted by molar-refractivity contribution is 7.10. The Balaban J connectivity index is 2.31. The van der Waals surface area contributed by atoms with Crippen LogP contribution in [0.25, 0.3) is 0 Å². The van der Waals surface area contributed by atoms with E-state index in [2.05, 4.69) is 0 Å². The van der Waals surface area contributed by atoms with Gasteiger partial charge in [0.25, 0.3) is 0 Å². The number of rotatable bonds is 2. The molecule has 0 spiro atoms. The van der Waals surface area contributed by atoms with Gasteiger partial charge >= 0.3 is 12.1 Å². The number of carboxylic acid groups (broad SMARTS) is 1. The molecule has 0 radical (unpaired) electrons. The molecule has 2 atom stereocenters. The summed E-state index contributed by atoms with van der Waals surface area (Å²) in [6.45, 7) is 0. The van der Waals surface area contributed by atoms with Crippen molar-refractivity contribution < 1.29 is 31.9 Å². The van der Waals surface area contributed by atoms with Gasteiger partial charge in [-0.15, -0.1) is 11.3 Å². The molecule has 1 fully saturated rings. The van der Waals surface area contributed by atoms with Crippen LogP contribution in [-0.4, -0.2) is 17.0 Å². The number of carboxylic acids is 1. The van der Waals surface area contributed by atoms with E-state index in [-0.39, 0.29) is 12.0 Å². The Labute approximate surface area is 115 Å². The second kappa shape index (κ2) is 4.98. The van der Waals surface area contributed by atoms with Crippen molar-refractivity contribution in [2.45, 2.75) is 37.3 Å². The number of aliphatic carboxylic acids is 1. The van der Waals surface area contributed by atoms with Crippen molar-refractivity contribution in [2.75, 3.05) is 0 Å². The summed E-state index contributed by atoms with van der Waals surface area (Å²) in [5, 5.41) is 10.2. The van der Waals surface area contributed by atoms with Gasteiger partial charge in [-0.25, -0.2) is 8.78 Å². The van der Waals surface area contributed by atoms with E-state index in [4.69, 9.17) is 5.11 Å². The Morgan fingerprint density at radius 2 is 2.05 bits per heavy atom. The summed E-state index contributed by atoms with van der Waals surface area (Å²) in [7, 11) is 0. The van der Waals surface area contributed by atoms with Gasteiger partial charge in [0.15, 0.2) is 0 Å². The van der Waals surface area contributed by atoms with E-state index < -0.39 is 47.6 Å². The van der Waals surface area contributed by atoms with Crippen molar-refractivity contribution in [3.63, 3.8) is 0 Å². The quantitative estimate of drug-likeness (QED) is 0.823. The smallest absolute Gasteiger partial charge is 0.425 e. The minimum Gasteiger partial charge on any atom is -0.481 e. The van der Waals surface area contributed by atoms with Crippen LogP contribution >= 0.6 is 11.3 Å². The van der Waals surface area contributed by atoms with Crippen LogP contribution < -0.4 is 0 Å². The molecule has 20 heavy (non-hydrogen) atoms. The lowest BCUT2D eigenvalue weighted by Crippen LogP contribution is -2.34. The lowest BCUT2D eigenvalue weighted by molar-refractivity contribution is -0.147. The summed E-state index contributed by atoms with van der Waals surface area (Å²) in [4.78, 5) is 10.2. The Kier molecular flexibility index (Phi) is 3.79. The third kappa shape index (κ3) is 3.11. The number of carbonyl (C=O) groups is 1. The van der Waals surface area contributed by atoms with Crippen molar-refractivity contribution in [1.82, 2.24) is 0 Å². The van der Waals surface area contributed by atoms with Crippen molar-refractivity contribution >= 4 is 17.3 Å². The fraction of sp³-hybridized carbons (Fsp3) is 0.583. The number of alkyl halides is 5. The zero-order valence-corrected chi connectivity index (χ0v) is 10.9. The largest absolute Gasteiger partial charge is 0.481 e. The van der Waals surface area contributed by atoms with Gasteiger partial charge in [-0.05, 0) is 23.4 Å². The number of hydrogen-bond acceptors (Lipinski definition) is 2. The van der Waals surface area contributed by atoms with Crippen molar-refractivity contribution in [3.8, 4) is 0 Å². The zero-order valence-electron chi connectivity index (χ0n) is 10.1. The Morgan fingerprint density at radius 1 is 1.40 bits per heavy atom. The van der Waals surface area contributed by atoms with Gasteiger partial charge in [0.2, 0.25) is 5.92 Å². The monoisotopic (exact) mass is 314 g/mol. The van der Waals surface area contributed by atoms with Gasteiger partial charge in [0.05, 0.1) is 5.92 Å². The number of thiophene rings is 1. The van der Waals surface area contributed by atoms with Gasteiger partial charge in [-0.2, -0.15) is 13.2 Å². The molecule has 1 aliphatic carbocycles. The van der Waals surface area contributed by atoms with E-state index in [0.29, 0.717) is 11.3 Å². The predicted octanol–water partition coefficient (Wildman–Crippen LogP) is 4.37. The molecule has 1 aliphatic rings. The maximum Gasteiger partial charge on any atom is 0.425 e. The maximum absolute atomic E-state index is 13.4. The molecule has 1 saturated carbocycles. The van der Waals surface area contributed by atoms with Crippen molar-refractivity contribution in [3.05, 3.63) is 21.9 Å². The molecule has 2 nitrogen and oxygen atoms in total. The highest BCUT2D eigenvalue weighted by Crippen LogP contribution is 2.47. The summed E-state index contributed by atoms with van der Waals surface area (Å²) in [6, 6.07) is 0.784. The normalized spacial score (nSPS) is 26.4. The van der Waals surface area contributed by atoms with Gasteiger partial charge < -0.3 is 5.11 Å². The molecule has 1 aromatic heterocycles. The molecule has 0 saturated heterocycles. The lowest BCUT2D eigenvalue weighted by atomic mass is 9.74. The van der Waals surface area contributed by atoms with Crippen LogP contribution in [0.2, 0.25) is 0 Å². The topological polar surface area (TPSA) is 37.3 Å². The second-order valence-corrected chi connectivity index (χ2v) is 5.80. The highest BCUT2D eigenvalue weighted by Gasteiger charge is 2.45. The first-order chi connectivity index (χ1) is 9.10. The average molecular weight is 314 g/mol. The summed E-state index contributed by atoms with van der Waals surface area (Å²) in [5.74, 6) is -6.42. The Morgan fingerprint density at radius 3 is 2.55 bits per heavy atom. The fourth-order valence-corrected chi connectivity index (χ4v) is 3.32. The summed E-state index contributed by atoms with van der Waals surface area (Å²) in [5.41, 5.74) is 0.0362. The molecule has 0 aliphatic heterocycles. The first-order valence-electron chi connectivity index (χ1n) is 5.86. The zero-order chi connectivity index (χ0) is 15.1. The second-order valence-electron chi connectivity index (χ2n) is 4.89. The van der Waals surface area contributed by atoms with Crippen molar-refractivity contribution in [1.29, 1.82) is 0 Å². The molecule has 2 rings (SSSR count).